The van der Waals surface area contributed by atoms with Crippen LogP contribution in [0, 0.1) is 6.92 Å². The lowest BCUT2D eigenvalue weighted by Gasteiger charge is -1.89. The fourth-order valence-corrected chi connectivity index (χ4v) is 1.92. The monoisotopic (exact) mass is 228 g/mol. The van der Waals surface area contributed by atoms with Crippen molar-refractivity contribution in [3.63, 3.8) is 0 Å². The highest BCUT2D eigenvalue weighted by Gasteiger charge is 2.01. The third-order valence-corrected chi connectivity index (χ3v) is 2.65. The predicted molar refractivity (Wildman–Crippen MR) is 64.5 cm³/mol. The number of H-pyrrole nitrogens is 1. The van der Waals surface area contributed by atoms with Crippen LogP contribution in [-0.2, 0) is 0 Å². The molecule has 14 heavy (non-hydrogen) atoms. The average molecular weight is 229 g/mol. The summed E-state index contributed by atoms with van der Waals surface area (Å²) in [4.78, 5) is 7.74. The van der Waals surface area contributed by atoms with Crippen LogP contribution in [0.5, 0.6) is 0 Å². The molecule has 0 atom stereocenters. The molecule has 0 aliphatic carbocycles. The minimum atomic E-state index is 0. The summed E-state index contributed by atoms with van der Waals surface area (Å²) >= 11 is 1.74. The van der Waals surface area contributed by atoms with Gasteiger partial charge in [-0.1, -0.05) is 24.8 Å². The van der Waals surface area contributed by atoms with Crippen LogP contribution in [0.1, 0.15) is 12.5 Å². The van der Waals surface area contributed by atoms with E-state index in [1.54, 1.807) is 11.8 Å². The number of rotatable bonds is 2. The molecule has 1 aromatic heterocycles. The van der Waals surface area contributed by atoms with Crippen molar-refractivity contribution >= 4 is 35.2 Å². The summed E-state index contributed by atoms with van der Waals surface area (Å²) in [7, 11) is 0. The SMILES string of the molecule is CCSc1nc2ccc(C)cc2[nH]1.Cl. The highest BCUT2D eigenvalue weighted by atomic mass is 35.5. The standard InChI is InChI=1S/C10H12N2S.ClH/c1-3-13-10-11-8-5-4-7(2)6-9(8)12-10;/h4-6H,3H2,1-2H3,(H,11,12);1H. The Morgan fingerprint density at radius 2 is 2.21 bits per heavy atom. The largest absolute Gasteiger partial charge is 0.333 e. The van der Waals surface area contributed by atoms with E-state index >= 15 is 0 Å². The zero-order valence-electron chi connectivity index (χ0n) is 8.20. The first-order valence-electron chi connectivity index (χ1n) is 4.39. The zero-order valence-corrected chi connectivity index (χ0v) is 9.84. The van der Waals surface area contributed by atoms with Gasteiger partial charge in [0.25, 0.3) is 0 Å². The molecule has 1 heterocycles. The highest BCUT2D eigenvalue weighted by molar-refractivity contribution is 7.99. The third-order valence-electron chi connectivity index (χ3n) is 1.90. The van der Waals surface area contributed by atoms with Crippen molar-refractivity contribution in [3.8, 4) is 0 Å². The Labute approximate surface area is 93.9 Å². The number of hydrogen-bond acceptors (Lipinski definition) is 2. The Balaban J connectivity index is 0.000000980. The smallest absolute Gasteiger partial charge is 0.166 e. The summed E-state index contributed by atoms with van der Waals surface area (Å²) in [6.07, 6.45) is 0. The number of hydrogen-bond donors (Lipinski definition) is 1. The quantitative estimate of drug-likeness (QED) is 0.799. The molecule has 0 fully saturated rings. The molecule has 0 amide bonds. The van der Waals surface area contributed by atoms with Crippen LogP contribution in [0.2, 0.25) is 0 Å². The third kappa shape index (κ3) is 2.22. The molecule has 2 nitrogen and oxygen atoms in total. The molecule has 0 unspecified atom stereocenters. The van der Waals surface area contributed by atoms with Crippen LogP contribution in [-0.4, -0.2) is 15.7 Å². The summed E-state index contributed by atoms with van der Waals surface area (Å²) in [6, 6.07) is 6.27. The molecule has 0 aliphatic rings. The van der Waals surface area contributed by atoms with Crippen LogP contribution < -0.4 is 0 Å². The lowest BCUT2D eigenvalue weighted by Crippen LogP contribution is -1.73. The van der Waals surface area contributed by atoms with Gasteiger partial charge in [-0.15, -0.1) is 12.4 Å². The van der Waals surface area contributed by atoms with E-state index in [-0.39, 0.29) is 12.4 Å². The van der Waals surface area contributed by atoms with E-state index in [1.807, 2.05) is 0 Å². The van der Waals surface area contributed by atoms with E-state index in [4.69, 9.17) is 0 Å². The first kappa shape index (κ1) is 11.4. The summed E-state index contributed by atoms with van der Waals surface area (Å²) in [5, 5.41) is 1.02. The summed E-state index contributed by atoms with van der Waals surface area (Å²) < 4.78 is 0. The molecular weight excluding hydrogens is 216 g/mol. The Kier molecular flexibility index (Phi) is 3.84. The summed E-state index contributed by atoms with van der Waals surface area (Å²) in [5.41, 5.74) is 3.46. The van der Waals surface area contributed by atoms with Gasteiger partial charge in [0, 0.05) is 0 Å². The second kappa shape index (κ2) is 4.71. The first-order valence-corrected chi connectivity index (χ1v) is 5.37. The van der Waals surface area contributed by atoms with Gasteiger partial charge in [-0.25, -0.2) is 4.98 Å². The fraction of sp³-hybridized carbons (Fsp3) is 0.300. The lowest BCUT2D eigenvalue weighted by molar-refractivity contribution is 1.08. The molecule has 0 bridgehead atoms. The van der Waals surface area contributed by atoms with Gasteiger partial charge < -0.3 is 4.98 Å². The van der Waals surface area contributed by atoms with Crippen molar-refractivity contribution in [1.82, 2.24) is 9.97 Å². The van der Waals surface area contributed by atoms with Gasteiger partial charge in [-0.2, -0.15) is 0 Å². The number of thioether (sulfide) groups is 1. The van der Waals surface area contributed by atoms with Gasteiger partial charge >= 0.3 is 0 Å². The average Bonchev–Trinajstić information content (AvgIpc) is 2.46. The Bertz CT molecular complexity index is 425. The molecule has 2 rings (SSSR count). The number of nitrogens with one attached hydrogen (secondary N) is 1. The Hall–Kier alpha value is -0.670. The number of aryl methyl sites for hydroxylation is 1. The number of aromatic nitrogens is 2. The van der Waals surface area contributed by atoms with Gasteiger partial charge in [0.1, 0.15) is 0 Å². The zero-order chi connectivity index (χ0) is 9.26. The first-order chi connectivity index (χ1) is 6.29. The number of nitrogens with zero attached hydrogens (tertiary/aromatic N) is 1. The molecule has 4 heteroatoms. The fourth-order valence-electron chi connectivity index (χ4n) is 1.31. The van der Waals surface area contributed by atoms with Crippen LogP contribution >= 0.6 is 24.2 Å². The Morgan fingerprint density at radius 1 is 1.43 bits per heavy atom. The number of benzene rings is 1. The molecular formula is C10H13ClN2S. The van der Waals surface area contributed by atoms with E-state index < -0.39 is 0 Å². The molecule has 1 N–H and O–H groups in total. The van der Waals surface area contributed by atoms with E-state index in [1.165, 1.54) is 5.56 Å². The van der Waals surface area contributed by atoms with Crippen LogP contribution in [0.25, 0.3) is 11.0 Å². The number of aromatic amines is 1. The maximum absolute atomic E-state index is 4.45. The van der Waals surface area contributed by atoms with Crippen molar-refractivity contribution in [2.24, 2.45) is 0 Å². The number of fused-ring (bicyclic) bond motifs is 1. The number of imidazole rings is 1. The van der Waals surface area contributed by atoms with Gasteiger partial charge in [-0.3, -0.25) is 0 Å². The molecule has 0 saturated heterocycles. The van der Waals surface area contributed by atoms with Crippen molar-refractivity contribution in [1.29, 1.82) is 0 Å². The Morgan fingerprint density at radius 3 is 2.93 bits per heavy atom. The molecule has 0 aliphatic heterocycles. The minimum Gasteiger partial charge on any atom is -0.333 e. The summed E-state index contributed by atoms with van der Waals surface area (Å²) in [5.74, 6) is 1.05. The van der Waals surface area contributed by atoms with E-state index in [0.717, 1.165) is 21.9 Å². The number of halogens is 1. The molecule has 0 saturated carbocycles. The molecule has 76 valence electrons. The highest BCUT2D eigenvalue weighted by Crippen LogP contribution is 2.19. The normalized spacial score (nSPS) is 10.1. The maximum Gasteiger partial charge on any atom is 0.166 e. The van der Waals surface area contributed by atoms with E-state index in [9.17, 15) is 0 Å². The van der Waals surface area contributed by atoms with Gasteiger partial charge in [-0.05, 0) is 30.4 Å². The van der Waals surface area contributed by atoms with Crippen molar-refractivity contribution in [3.05, 3.63) is 23.8 Å². The topological polar surface area (TPSA) is 28.7 Å². The van der Waals surface area contributed by atoms with Crippen LogP contribution in [0.15, 0.2) is 23.4 Å². The van der Waals surface area contributed by atoms with E-state index in [0.29, 0.717) is 0 Å². The molecule has 2 aromatic rings. The van der Waals surface area contributed by atoms with Crippen LogP contribution in [0.3, 0.4) is 0 Å². The van der Waals surface area contributed by atoms with Crippen molar-refractivity contribution in [2.45, 2.75) is 19.0 Å². The predicted octanol–water partition coefficient (Wildman–Crippen LogP) is 3.41. The second-order valence-corrected chi connectivity index (χ2v) is 4.25. The minimum absolute atomic E-state index is 0. The second-order valence-electron chi connectivity index (χ2n) is 3.00. The molecule has 1 aromatic carbocycles. The van der Waals surface area contributed by atoms with Gasteiger partial charge in [0.15, 0.2) is 5.16 Å². The molecule has 0 spiro atoms. The lowest BCUT2D eigenvalue weighted by atomic mass is 10.2. The van der Waals surface area contributed by atoms with Crippen molar-refractivity contribution in [2.75, 3.05) is 5.75 Å². The van der Waals surface area contributed by atoms with Gasteiger partial charge in [0.2, 0.25) is 0 Å². The van der Waals surface area contributed by atoms with Crippen molar-refractivity contribution < 1.29 is 0 Å². The van der Waals surface area contributed by atoms with Gasteiger partial charge in [0.05, 0.1) is 11.0 Å². The van der Waals surface area contributed by atoms with Crippen LogP contribution in [0.4, 0.5) is 0 Å². The maximum atomic E-state index is 4.45. The molecule has 0 radical (unpaired) electrons. The summed E-state index contributed by atoms with van der Waals surface area (Å²) in [6.45, 7) is 4.22. The van der Waals surface area contributed by atoms with E-state index in [2.05, 4.69) is 42.0 Å².